The highest BCUT2D eigenvalue weighted by Gasteiger charge is 2.16. The highest BCUT2D eigenvalue weighted by Crippen LogP contribution is 2.33. The number of hydrogen-bond acceptors (Lipinski definition) is 4. The van der Waals surface area contributed by atoms with Crippen LogP contribution in [0.3, 0.4) is 0 Å². The molecule has 0 bridgehead atoms. The molecule has 0 spiro atoms. The van der Waals surface area contributed by atoms with Crippen molar-refractivity contribution < 1.29 is 0 Å². The third-order valence-electron chi connectivity index (χ3n) is 6.47. The van der Waals surface area contributed by atoms with Crippen LogP contribution in [-0.4, -0.2) is 26.6 Å². The Morgan fingerprint density at radius 1 is 0.667 bits per heavy atom. The highest BCUT2D eigenvalue weighted by molar-refractivity contribution is 6.09. The molecule has 2 heterocycles. The number of anilines is 1. The zero-order valence-corrected chi connectivity index (χ0v) is 20.3. The predicted molar refractivity (Wildman–Crippen MR) is 148 cm³/mol. The minimum atomic E-state index is 0.564. The third kappa shape index (κ3) is 3.71. The molecule has 0 aliphatic carbocycles. The Bertz CT molecular complexity index is 1680. The van der Waals surface area contributed by atoms with Crippen molar-refractivity contribution in [3.05, 3.63) is 115 Å². The van der Waals surface area contributed by atoms with Crippen LogP contribution in [0.2, 0.25) is 0 Å². The normalized spacial score (nSPS) is 11.2. The van der Waals surface area contributed by atoms with Crippen LogP contribution in [0.5, 0.6) is 0 Å². The molecule has 0 fully saturated rings. The molecule has 0 saturated heterocycles. The van der Waals surface area contributed by atoms with E-state index in [1.165, 1.54) is 21.8 Å². The summed E-state index contributed by atoms with van der Waals surface area (Å²) in [6.45, 7) is 6.00. The summed E-state index contributed by atoms with van der Waals surface area (Å²) in [6, 6.07) is 35.4. The van der Waals surface area contributed by atoms with Gasteiger partial charge in [0, 0.05) is 40.3 Å². The van der Waals surface area contributed by atoms with Gasteiger partial charge in [0.25, 0.3) is 0 Å². The predicted octanol–water partition coefficient (Wildman–Crippen LogP) is 7.27. The summed E-state index contributed by atoms with van der Waals surface area (Å²) >= 11 is 0. The van der Waals surface area contributed by atoms with E-state index in [1.807, 2.05) is 55.3 Å². The number of nitrogens with zero attached hydrogens (tertiary/aromatic N) is 5. The standard InChI is InChI=1S/C31H25N5/c1-21(2)35(3)31-33-29(22-12-5-4-6-13-22)32-30(34-31)23-14-11-15-24(20-23)36-27-18-9-7-16-25(27)26-17-8-10-19-28(26)36/h4-20H,1H2,2-3H3. The van der Waals surface area contributed by atoms with E-state index in [1.54, 1.807) is 0 Å². The molecule has 36 heavy (non-hydrogen) atoms. The summed E-state index contributed by atoms with van der Waals surface area (Å²) in [5.41, 5.74) is 6.10. The maximum Gasteiger partial charge on any atom is 0.233 e. The second-order valence-corrected chi connectivity index (χ2v) is 8.86. The maximum atomic E-state index is 4.87. The fraction of sp³-hybridized carbons (Fsp3) is 0.0645. The quantitative estimate of drug-likeness (QED) is 0.267. The van der Waals surface area contributed by atoms with E-state index in [2.05, 4.69) is 77.9 Å². The lowest BCUT2D eigenvalue weighted by Crippen LogP contribution is -2.17. The first-order valence-electron chi connectivity index (χ1n) is 11.9. The van der Waals surface area contributed by atoms with Crippen molar-refractivity contribution in [1.82, 2.24) is 19.5 Å². The maximum absolute atomic E-state index is 4.87. The zero-order valence-electron chi connectivity index (χ0n) is 20.3. The molecular weight excluding hydrogens is 442 g/mol. The van der Waals surface area contributed by atoms with Crippen LogP contribution in [0.15, 0.2) is 115 Å². The smallest absolute Gasteiger partial charge is 0.233 e. The van der Waals surface area contributed by atoms with Gasteiger partial charge in [0.1, 0.15) is 0 Å². The summed E-state index contributed by atoms with van der Waals surface area (Å²) in [5.74, 6) is 1.81. The molecule has 2 aromatic heterocycles. The van der Waals surface area contributed by atoms with Crippen LogP contribution in [0.25, 0.3) is 50.3 Å². The minimum Gasteiger partial charge on any atom is -0.318 e. The first-order valence-corrected chi connectivity index (χ1v) is 11.9. The largest absolute Gasteiger partial charge is 0.318 e. The number of fused-ring (bicyclic) bond motifs is 3. The van der Waals surface area contributed by atoms with Gasteiger partial charge < -0.3 is 9.47 Å². The fourth-order valence-electron chi connectivity index (χ4n) is 4.52. The van der Waals surface area contributed by atoms with E-state index < -0.39 is 0 Å². The van der Waals surface area contributed by atoms with E-state index in [9.17, 15) is 0 Å². The van der Waals surface area contributed by atoms with Gasteiger partial charge in [-0.1, -0.05) is 85.4 Å². The van der Waals surface area contributed by atoms with Crippen molar-refractivity contribution in [1.29, 1.82) is 0 Å². The van der Waals surface area contributed by atoms with E-state index in [-0.39, 0.29) is 0 Å². The second kappa shape index (κ2) is 8.78. The van der Waals surface area contributed by atoms with E-state index in [4.69, 9.17) is 15.0 Å². The monoisotopic (exact) mass is 467 g/mol. The van der Waals surface area contributed by atoms with Crippen molar-refractivity contribution in [3.63, 3.8) is 0 Å². The van der Waals surface area contributed by atoms with Crippen LogP contribution < -0.4 is 4.90 Å². The van der Waals surface area contributed by atoms with Gasteiger partial charge in [-0.15, -0.1) is 0 Å². The van der Waals surface area contributed by atoms with Crippen LogP contribution in [0.4, 0.5) is 5.95 Å². The van der Waals surface area contributed by atoms with Gasteiger partial charge in [0.15, 0.2) is 11.6 Å². The van der Waals surface area contributed by atoms with E-state index >= 15 is 0 Å². The average Bonchev–Trinajstić information content (AvgIpc) is 3.27. The average molecular weight is 468 g/mol. The van der Waals surface area contributed by atoms with Crippen LogP contribution in [0.1, 0.15) is 6.92 Å². The van der Waals surface area contributed by atoms with Gasteiger partial charge in [0.2, 0.25) is 5.95 Å². The third-order valence-corrected chi connectivity index (χ3v) is 6.47. The van der Waals surface area contributed by atoms with Crippen molar-refractivity contribution in [2.24, 2.45) is 0 Å². The molecule has 6 rings (SSSR count). The van der Waals surface area contributed by atoms with Crippen molar-refractivity contribution in [2.45, 2.75) is 6.92 Å². The molecule has 4 aromatic carbocycles. The van der Waals surface area contributed by atoms with Gasteiger partial charge in [-0.05, 0) is 31.2 Å². The van der Waals surface area contributed by atoms with Crippen molar-refractivity contribution >= 4 is 27.8 Å². The van der Waals surface area contributed by atoms with Crippen molar-refractivity contribution in [2.75, 3.05) is 11.9 Å². The molecule has 5 heteroatoms. The van der Waals surface area contributed by atoms with Gasteiger partial charge in [-0.2, -0.15) is 9.97 Å². The molecular formula is C31H25N5. The second-order valence-electron chi connectivity index (χ2n) is 8.86. The van der Waals surface area contributed by atoms with Crippen molar-refractivity contribution in [3.8, 4) is 28.5 Å². The Morgan fingerprint density at radius 3 is 1.86 bits per heavy atom. The SMILES string of the molecule is C=C(C)N(C)c1nc(-c2ccccc2)nc(-c2cccc(-n3c4ccccc4c4ccccc43)c2)n1. The lowest BCUT2D eigenvalue weighted by atomic mass is 10.1. The molecule has 5 nitrogen and oxygen atoms in total. The Kier molecular flexibility index (Phi) is 5.30. The first-order chi connectivity index (χ1) is 17.6. The lowest BCUT2D eigenvalue weighted by Gasteiger charge is -2.18. The van der Waals surface area contributed by atoms with Gasteiger partial charge in [-0.25, -0.2) is 4.98 Å². The molecule has 0 N–H and O–H groups in total. The summed E-state index contributed by atoms with van der Waals surface area (Å²) in [5, 5.41) is 2.46. The fourth-order valence-corrected chi connectivity index (χ4v) is 4.52. The molecule has 0 unspecified atom stereocenters. The molecule has 0 radical (unpaired) electrons. The lowest BCUT2D eigenvalue weighted by molar-refractivity contribution is 0.960. The Hall–Kier alpha value is -4.77. The summed E-state index contributed by atoms with van der Waals surface area (Å²) < 4.78 is 2.30. The molecule has 0 atom stereocenters. The van der Waals surface area contributed by atoms with Crippen LogP contribution in [0, 0.1) is 0 Å². The van der Waals surface area contributed by atoms with Gasteiger partial charge in [0.05, 0.1) is 11.0 Å². The number of aromatic nitrogens is 4. The number of allylic oxidation sites excluding steroid dienone is 1. The summed E-state index contributed by atoms with van der Waals surface area (Å²) in [6.07, 6.45) is 0. The number of para-hydroxylation sites is 2. The molecule has 0 aliphatic rings. The van der Waals surface area contributed by atoms with E-state index in [0.29, 0.717) is 17.6 Å². The number of benzene rings is 4. The molecule has 6 aromatic rings. The minimum absolute atomic E-state index is 0.564. The Balaban J connectivity index is 1.55. The number of hydrogen-bond donors (Lipinski definition) is 0. The molecule has 0 saturated carbocycles. The van der Waals surface area contributed by atoms with Crippen LogP contribution in [-0.2, 0) is 0 Å². The Morgan fingerprint density at radius 2 is 1.22 bits per heavy atom. The molecule has 0 aliphatic heterocycles. The molecule has 174 valence electrons. The number of rotatable bonds is 5. The highest BCUT2D eigenvalue weighted by atomic mass is 15.3. The summed E-state index contributed by atoms with van der Waals surface area (Å²) in [4.78, 5) is 16.3. The topological polar surface area (TPSA) is 46.8 Å². The van der Waals surface area contributed by atoms with E-state index in [0.717, 1.165) is 22.5 Å². The first kappa shape index (κ1) is 21.7. The Labute approximate surface area is 210 Å². The van der Waals surface area contributed by atoms with Crippen LogP contribution >= 0.6 is 0 Å². The van der Waals surface area contributed by atoms with Gasteiger partial charge in [-0.3, -0.25) is 0 Å². The van der Waals surface area contributed by atoms with Gasteiger partial charge >= 0.3 is 0 Å². The zero-order chi connectivity index (χ0) is 24.6. The molecule has 0 amide bonds. The summed E-state index contributed by atoms with van der Waals surface area (Å²) in [7, 11) is 1.92.